The quantitative estimate of drug-likeness (QED) is 0.741. The van der Waals surface area contributed by atoms with Gasteiger partial charge in [0.25, 0.3) is 5.91 Å². The molecule has 1 aromatic rings. The highest BCUT2D eigenvalue weighted by molar-refractivity contribution is 6.42. The number of hydrogen-bond donors (Lipinski definition) is 0. The maximum atomic E-state index is 13.0. The number of nitrogens with zero attached hydrogens (tertiary/aromatic N) is 1. The monoisotopic (exact) mass is 325 g/mol. The number of halogens is 5. The van der Waals surface area contributed by atoms with Crippen LogP contribution in [0.1, 0.15) is 29.6 Å². The molecular weight excluding hydrogens is 314 g/mol. The second kappa shape index (κ2) is 5.82. The number of hydrogen-bond acceptors (Lipinski definition) is 1. The van der Waals surface area contributed by atoms with Crippen LogP contribution < -0.4 is 0 Å². The molecule has 1 aliphatic heterocycles. The first-order chi connectivity index (χ1) is 9.30. The third kappa shape index (κ3) is 3.20. The van der Waals surface area contributed by atoms with Crippen LogP contribution in [0.4, 0.5) is 13.2 Å². The van der Waals surface area contributed by atoms with Crippen LogP contribution in [0.25, 0.3) is 0 Å². The zero-order chi connectivity index (χ0) is 14.9. The molecule has 0 bridgehead atoms. The average molecular weight is 326 g/mol. The third-order valence-corrected chi connectivity index (χ3v) is 4.05. The van der Waals surface area contributed by atoms with Crippen LogP contribution in [0.3, 0.4) is 0 Å². The average Bonchev–Trinajstić information content (AvgIpc) is 2.40. The van der Waals surface area contributed by atoms with Gasteiger partial charge in [0, 0.05) is 12.1 Å². The van der Waals surface area contributed by atoms with Crippen molar-refractivity contribution >= 4 is 29.1 Å². The lowest BCUT2D eigenvalue weighted by molar-refractivity contribution is -0.183. The summed E-state index contributed by atoms with van der Waals surface area (Å²) in [5, 5.41) is 0.410. The van der Waals surface area contributed by atoms with Gasteiger partial charge in [0.05, 0.1) is 10.0 Å². The minimum absolute atomic E-state index is 0.0590. The Labute approximate surface area is 124 Å². The van der Waals surface area contributed by atoms with Gasteiger partial charge in [0.2, 0.25) is 0 Å². The molecule has 0 aromatic heterocycles. The number of carbonyl (C=O) groups excluding carboxylic acids is 1. The molecule has 1 heterocycles. The van der Waals surface area contributed by atoms with Crippen molar-refractivity contribution < 1.29 is 18.0 Å². The summed E-state index contributed by atoms with van der Waals surface area (Å²) in [6.45, 7) is 0.100. The number of benzene rings is 1. The van der Waals surface area contributed by atoms with E-state index in [0.717, 1.165) is 4.90 Å². The molecule has 2 rings (SSSR count). The molecule has 0 saturated carbocycles. The molecule has 0 aliphatic carbocycles. The fourth-order valence-electron chi connectivity index (χ4n) is 2.31. The van der Waals surface area contributed by atoms with Crippen LogP contribution in [0.15, 0.2) is 18.2 Å². The van der Waals surface area contributed by atoms with Gasteiger partial charge in [-0.3, -0.25) is 4.79 Å². The van der Waals surface area contributed by atoms with E-state index in [1.165, 1.54) is 18.2 Å². The van der Waals surface area contributed by atoms with Gasteiger partial charge in [-0.25, -0.2) is 0 Å². The Morgan fingerprint density at radius 2 is 1.90 bits per heavy atom. The lowest BCUT2D eigenvalue weighted by Gasteiger charge is -2.36. The predicted octanol–water partition coefficient (Wildman–Crippen LogP) is 4.55. The van der Waals surface area contributed by atoms with E-state index in [2.05, 4.69) is 0 Å². The zero-order valence-electron chi connectivity index (χ0n) is 10.4. The number of alkyl halides is 3. The SMILES string of the molecule is O=C(c1ccc(Cl)c(Cl)c1)N1CCCCC1C(F)(F)F. The van der Waals surface area contributed by atoms with Crippen LogP contribution in [0.5, 0.6) is 0 Å². The molecule has 1 aromatic carbocycles. The Morgan fingerprint density at radius 1 is 1.20 bits per heavy atom. The standard InChI is InChI=1S/C13H12Cl2F3NO/c14-9-5-4-8(7-10(9)15)12(20)19-6-2-1-3-11(19)13(16,17)18/h4-5,7,11H,1-3,6H2. The van der Waals surface area contributed by atoms with Gasteiger partial charge in [-0.1, -0.05) is 23.2 Å². The van der Waals surface area contributed by atoms with Crippen molar-refractivity contribution in [2.24, 2.45) is 0 Å². The molecule has 110 valence electrons. The van der Waals surface area contributed by atoms with Gasteiger partial charge >= 0.3 is 6.18 Å². The van der Waals surface area contributed by atoms with Gasteiger partial charge in [-0.15, -0.1) is 0 Å². The summed E-state index contributed by atoms with van der Waals surface area (Å²) in [6, 6.07) is 2.37. The predicted molar refractivity (Wildman–Crippen MR) is 71.2 cm³/mol. The lowest BCUT2D eigenvalue weighted by Crippen LogP contribution is -2.51. The molecule has 2 nitrogen and oxygen atoms in total. The Balaban J connectivity index is 2.27. The minimum atomic E-state index is -4.41. The Bertz CT molecular complexity index is 519. The number of likely N-dealkylation sites (tertiary alicyclic amines) is 1. The van der Waals surface area contributed by atoms with Crippen LogP contribution in [0, 0.1) is 0 Å². The summed E-state index contributed by atoms with van der Waals surface area (Å²) >= 11 is 11.5. The van der Waals surface area contributed by atoms with E-state index in [0.29, 0.717) is 12.8 Å². The van der Waals surface area contributed by atoms with E-state index in [9.17, 15) is 18.0 Å². The van der Waals surface area contributed by atoms with Gasteiger partial charge in [-0.2, -0.15) is 13.2 Å². The lowest BCUT2D eigenvalue weighted by atomic mass is 10.0. The Kier molecular flexibility index (Phi) is 4.49. The van der Waals surface area contributed by atoms with E-state index in [1.807, 2.05) is 0 Å². The topological polar surface area (TPSA) is 20.3 Å². The van der Waals surface area contributed by atoms with Gasteiger partial charge in [0.15, 0.2) is 0 Å². The number of piperidine rings is 1. The molecule has 1 saturated heterocycles. The van der Waals surface area contributed by atoms with Crippen LogP contribution in [0.2, 0.25) is 10.0 Å². The van der Waals surface area contributed by atoms with Crippen LogP contribution in [-0.2, 0) is 0 Å². The summed E-state index contributed by atoms with van der Waals surface area (Å²) in [4.78, 5) is 13.1. The largest absolute Gasteiger partial charge is 0.408 e. The maximum absolute atomic E-state index is 13.0. The molecule has 0 radical (unpaired) electrons. The Morgan fingerprint density at radius 3 is 2.50 bits per heavy atom. The van der Waals surface area contributed by atoms with Crippen molar-refractivity contribution in [1.29, 1.82) is 0 Å². The molecule has 1 aliphatic rings. The van der Waals surface area contributed by atoms with Gasteiger partial charge < -0.3 is 4.90 Å². The molecular formula is C13H12Cl2F3NO. The summed E-state index contributed by atoms with van der Waals surface area (Å²) < 4.78 is 38.9. The molecule has 1 unspecified atom stereocenters. The molecule has 7 heteroatoms. The normalized spacial score (nSPS) is 20.1. The number of rotatable bonds is 1. The number of amides is 1. The first-order valence-corrected chi connectivity index (χ1v) is 6.89. The highest BCUT2D eigenvalue weighted by atomic mass is 35.5. The molecule has 1 amide bonds. The summed E-state index contributed by atoms with van der Waals surface area (Å²) in [5.41, 5.74) is 0.121. The number of carbonyl (C=O) groups is 1. The van der Waals surface area contributed by atoms with E-state index < -0.39 is 18.1 Å². The van der Waals surface area contributed by atoms with E-state index in [1.54, 1.807) is 0 Å². The maximum Gasteiger partial charge on any atom is 0.408 e. The second-order valence-electron chi connectivity index (χ2n) is 4.68. The third-order valence-electron chi connectivity index (χ3n) is 3.31. The van der Waals surface area contributed by atoms with E-state index in [4.69, 9.17) is 23.2 Å². The molecule has 20 heavy (non-hydrogen) atoms. The first-order valence-electron chi connectivity index (χ1n) is 6.13. The van der Waals surface area contributed by atoms with Crippen molar-refractivity contribution in [1.82, 2.24) is 4.90 Å². The van der Waals surface area contributed by atoms with Crippen LogP contribution >= 0.6 is 23.2 Å². The fourth-order valence-corrected chi connectivity index (χ4v) is 2.61. The molecule has 1 atom stereocenters. The van der Waals surface area contributed by atoms with Gasteiger partial charge in [0.1, 0.15) is 6.04 Å². The molecule has 1 fully saturated rings. The van der Waals surface area contributed by atoms with Crippen molar-refractivity contribution in [3.8, 4) is 0 Å². The van der Waals surface area contributed by atoms with Gasteiger partial charge in [-0.05, 0) is 37.5 Å². The van der Waals surface area contributed by atoms with E-state index >= 15 is 0 Å². The zero-order valence-corrected chi connectivity index (χ0v) is 11.9. The first kappa shape index (κ1) is 15.4. The minimum Gasteiger partial charge on any atom is -0.327 e. The van der Waals surface area contributed by atoms with Crippen molar-refractivity contribution in [2.45, 2.75) is 31.5 Å². The molecule has 0 N–H and O–H groups in total. The smallest absolute Gasteiger partial charge is 0.327 e. The van der Waals surface area contributed by atoms with Crippen molar-refractivity contribution in [2.75, 3.05) is 6.54 Å². The highest BCUT2D eigenvalue weighted by Crippen LogP contribution is 2.33. The summed E-state index contributed by atoms with van der Waals surface area (Å²) in [7, 11) is 0. The summed E-state index contributed by atoms with van der Waals surface area (Å²) in [6.07, 6.45) is -3.43. The second-order valence-corrected chi connectivity index (χ2v) is 5.50. The highest BCUT2D eigenvalue weighted by Gasteiger charge is 2.46. The molecule has 0 spiro atoms. The van der Waals surface area contributed by atoms with Crippen molar-refractivity contribution in [3.05, 3.63) is 33.8 Å². The van der Waals surface area contributed by atoms with Crippen molar-refractivity contribution in [3.63, 3.8) is 0 Å². The van der Waals surface area contributed by atoms with E-state index in [-0.39, 0.29) is 28.6 Å². The van der Waals surface area contributed by atoms with Crippen LogP contribution in [-0.4, -0.2) is 29.6 Å². The summed E-state index contributed by atoms with van der Waals surface area (Å²) in [5.74, 6) is -0.661. The Hall–Kier alpha value is -0.940. The fraction of sp³-hybridized carbons (Fsp3) is 0.462.